The van der Waals surface area contributed by atoms with Gasteiger partial charge in [-0.05, 0) is 96.2 Å². The van der Waals surface area contributed by atoms with E-state index in [4.69, 9.17) is 9.47 Å². The Morgan fingerprint density at radius 1 is 0.620 bits per heavy atom. The van der Waals surface area contributed by atoms with Crippen molar-refractivity contribution in [3.05, 3.63) is 24.1 Å². The van der Waals surface area contributed by atoms with Crippen molar-refractivity contribution in [1.29, 1.82) is 0 Å². The minimum atomic E-state index is -0.0489. The lowest BCUT2D eigenvalue weighted by atomic mass is 9.93. The number of ether oxygens (including phenoxy) is 2. The number of nitrogens with zero attached hydrogens (tertiary/aromatic N) is 1. The Hall–Kier alpha value is -1.80. The number of rotatable bonds is 36. The number of unbranched alkanes of at least 4 members (excludes halogenated alkanes) is 14. The summed E-state index contributed by atoms with van der Waals surface area (Å²) in [7, 11) is 2.28. The van der Waals surface area contributed by atoms with Gasteiger partial charge in [0.15, 0.2) is 0 Å². The van der Waals surface area contributed by atoms with Crippen LogP contribution < -0.4 is 0 Å². The molecule has 0 aromatic heterocycles. The lowest BCUT2D eigenvalue weighted by Gasteiger charge is -2.27. The van der Waals surface area contributed by atoms with Crippen LogP contribution in [-0.4, -0.2) is 49.7 Å². The van der Waals surface area contributed by atoms with Crippen LogP contribution in [-0.2, 0) is 19.1 Å². The Morgan fingerprint density at radius 3 is 1.56 bits per heavy atom. The molecule has 0 aliphatic heterocycles. The highest BCUT2D eigenvalue weighted by molar-refractivity contribution is 5.69. The van der Waals surface area contributed by atoms with E-state index in [0.717, 1.165) is 50.9 Å². The summed E-state index contributed by atoms with van der Waals surface area (Å²) in [6.45, 7) is 17.2. The molecule has 0 saturated carbocycles. The predicted molar refractivity (Wildman–Crippen MR) is 214 cm³/mol. The van der Waals surface area contributed by atoms with Crippen LogP contribution in [0.15, 0.2) is 24.1 Å². The molecule has 5 nitrogen and oxygen atoms in total. The van der Waals surface area contributed by atoms with Crippen molar-refractivity contribution in [1.82, 2.24) is 4.90 Å². The van der Waals surface area contributed by atoms with Crippen molar-refractivity contribution in [3.63, 3.8) is 0 Å². The molecular formula is C45H83NO4. The summed E-state index contributed by atoms with van der Waals surface area (Å²) >= 11 is 0. The second-order valence-electron chi connectivity index (χ2n) is 15.6. The average molecular weight is 702 g/mol. The first kappa shape index (κ1) is 48.2. The molecule has 0 aromatic carbocycles. The standard InChI is InChI=1S/C45H83NO4/c1-8-11-28-41(6)35-37-49-44(47)33-26-22-18-14-16-20-24-31-43(39-46(7)40(4)5)32-25-21-17-15-19-23-27-34-45(48)50-38-36-42(29-12-9-2)30-13-10-3/h29,40-43H,2,8,10-11,13-28,30-39H2,1,3-7H3. The van der Waals surface area contributed by atoms with Crippen LogP contribution in [0.3, 0.4) is 0 Å². The maximum absolute atomic E-state index is 12.2. The minimum Gasteiger partial charge on any atom is -0.466 e. The van der Waals surface area contributed by atoms with Crippen LogP contribution in [0.2, 0.25) is 0 Å². The van der Waals surface area contributed by atoms with Crippen LogP contribution in [0, 0.1) is 17.8 Å². The van der Waals surface area contributed by atoms with Crippen molar-refractivity contribution in [3.8, 4) is 0 Å². The van der Waals surface area contributed by atoms with E-state index in [2.05, 4.69) is 64.6 Å². The van der Waals surface area contributed by atoms with Gasteiger partial charge in [-0.1, -0.05) is 141 Å². The first-order valence-electron chi connectivity index (χ1n) is 21.4. The summed E-state index contributed by atoms with van der Waals surface area (Å²) in [5, 5.41) is 0. The second kappa shape index (κ2) is 35.6. The van der Waals surface area contributed by atoms with Gasteiger partial charge in [-0.25, -0.2) is 0 Å². The highest BCUT2D eigenvalue weighted by Crippen LogP contribution is 2.22. The largest absolute Gasteiger partial charge is 0.466 e. The van der Waals surface area contributed by atoms with Gasteiger partial charge in [0.1, 0.15) is 0 Å². The van der Waals surface area contributed by atoms with Gasteiger partial charge in [0.25, 0.3) is 0 Å². The van der Waals surface area contributed by atoms with Crippen LogP contribution >= 0.6 is 0 Å². The fourth-order valence-corrected chi connectivity index (χ4v) is 6.61. The molecule has 0 aromatic rings. The number of carbonyl (C=O) groups excluding carboxylic acids is 2. The zero-order valence-electron chi connectivity index (χ0n) is 34.2. The Labute approximate surface area is 311 Å². The molecule has 5 heteroatoms. The molecule has 0 fully saturated rings. The monoisotopic (exact) mass is 702 g/mol. The Kier molecular flexibility index (Phi) is 34.3. The number of hydrogen-bond acceptors (Lipinski definition) is 5. The molecule has 3 atom stereocenters. The van der Waals surface area contributed by atoms with E-state index in [1.165, 1.54) is 116 Å². The molecule has 3 unspecified atom stereocenters. The van der Waals surface area contributed by atoms with Gasteiger partial charge in [-0.15, -0.1) is 0 Å². The summed E-state index contributed by atoms with van der Waals surface area (Å²) in [6.07, 6.45) is 32.0. The number of allylic oxidation sites excluding steroid dienone is 1. The van der Waals surface area contributed by atoms with Gasteiger partial charge < -0.3 is 14.4 Å². The summed E-state index contributed by atoms with van der Waals surface area (Å²) in [5.41, 5.74) is 5.67. The third-order valence-corrected chi connectivity index (χ3v) is 10.4. The fraction of sp³-hybridized carbons (Fsp3) is 0.867. The maximum atomic E-state index is 12.2. The lowest BCUT2D eigenvalue weighted by molar-refractivity contribution is -0.145. The molecule has 0 heterocycles. The fourth-order valence-electron chi connectivity index (χ4n) is 6.61. The third-order valence-electron chi connectivity index (χ3n) is 10.4. The summed E-state index contributed by atoms with van der Waals surface area (Å²) < 4.78 is 11.0. The first-order chi connectivity index (χ1) is 24.2. The van der Waals surface area contributed by atoms with Crippen LogP contribution in [0.4, 0.5) is 0 Å². The van der Waals surface area contributed by atoms with Gasteiger partial charge in [0.2, 0.25) is 0 Å². The molecular weight excluding hydrogens is 618 g/mol. The van der Waals surface area contributed by atoms with Crippen molar-refractivity contribution in [2.24, 2.45) is 17.8 Å². The summed E-state index contributed by atoms with van der Waals surface area (Å²) in [5.74, 6) is 1.78. The topological polar surface area (TPSA) is 55.8 Å². The number of esters is 2. The zero-order chi connectivity index (χ0) is 37.1. The van der Waals surface area contributed by atoms with E-state index in [-0.39, 0.29) is 11.9 Å². The maximum Gasteiger partial charge on any atom is 0.305 e. The van der Waals surface area contributed by atoms with Crippen molar-refractivity contribution in [2.45, 2.75) is 208 Å². The predicted octanol–water partition coefficient (Wildman–Crippen LogP) is 13.0. The van der Waals surface area contributed by atoms with E-state index >= 15 is 0 Å². The molecule has 0 N–H and O–H groups in total. The molecule has 0 amide bonds. The summed E-state index contributed by atoms with van der Waals surface area (Å²) in [4.78, 5) is 26.7. The van der Waals surface area contributed by atoms with E-state index in [1.54, 1.807) is 0 Å². The Bertz CT molecular complexity index is 872. The molecule has 0 bridgehead atoms. The number of hydrogen-bond donors (Lipinski definition) is 0. The number of carbonyl (C=O) groups is 2. The van der Waals surface area contributed by atoms with E-state index in [0.29, 0.717) is 43.9 Å². The minimum absolute atomic E-state index is 0.00617. The normalized spacial score (nSPS) is 13.1. The van der Waals surface area contributed by atoms with E-state index in [1.807, 2.05) is 6.08 Å². The molecule has 0 radical (unpaired) electrons. The Morgan fingerprint density at radius 2 is 1.08 bits per heavy atom. The van der Waals surface area contributed by atoms with E-state index in [9.17, 15) is 9.59 Å². The van der Waals surface area contributed by atoms with E-state index < -0.39 is 0 Å². The van der Waals surface area contributed by atoms with Crippen molar-refractivity contribution in [2.75, 3.05) is 26.8 Å². The molecule has 0 rings (SSSR count). The molecule has 0 saturated heterocycles. The van der Waals surface area contributed by atoms with Gasteiger partial charge >= 0.3 is 11.9 Å². The molecule has 0 spiro atoms. The lowest BCUT2D eigenvalue weighted by Crippen LogP contribution is -2.31. The molecule has 50 heavy (non-hydrogen) atoms. The van der Waals surface area contributed by atoms with Crippen LogP contribution in [0.1, 0.15) is 202 Å². The van der Waals surface area contributed by atoms with Crippen molar-refractivity contribution < 1.29 is 19.1 Å². The highest BCUT2D eigenvalue weighted by atomic mass is 16.5. The SMILES string of the molecule is C=C=C=CC(CCCC)CCOC(=O)CCCCCCCCCC(CCCCCCCCCC(=O)OCCC(C)CCCC)CN(C)C(C)C. The Balaban J connectivity index is 3.96. The molecule has 0 aliphatic carbocycles. The smallest absolute Gasteiger partial charge is 0.305 e. The first-order valence-corrected chi connectivity index (χ1v) is 21.4. The van der Waals surface area contributed by atoms with Crippen molar-refractivity contribution >= 4 is 11.9 Å². The van der Waals surface area contributed by atoms with Gasteiger partial charge in [-0.2, -0.15) is 0 Å². The summed E-state index contributed by atoms with van der Waals surface area (Å²) in [6, 6.07) is 0.598. The van der Waals surface area contributed by atoms with Gasteiger partial charge in [-0.3, -0.25) is 9.59 Å². The van der Waals surface area contributed by atoms with Gasteiger partial charge in [0, 0.05) is 25.4 Å². The van der Waals surface area contributed by atoms with Gasteiger partial charge in [0.05, 0.1) is 13.2 Å². The second-order valence-corrected chi connectivity index (χ2v) is 15.6. The third kappa shape index (κ3) is 32.1. The average Bonchev–Trinajstić information content (AvgIpc) is 3.09. The molecule has 292 valence electrons. The quantitative estimate of drug-likeness (QED) is 0.0370. The molecule has 0 aliphatic rings. The highest BCUT2D eigenvalue weighted by Gasteiger charge is 2.14. The zero-order valence-corrected chi connectivity index (χ0v) is 34.2. The van der Waals surface area contributed by atoms with Crippen LogP contribution in [0.5, 0.6) is 0 Å². The van der Waals surface area contributed by atoms with Crippen LogP contribution in [0.25, 0.3) is 0 Å².